The van der Waals surface area contributed by atoms with Gasteiger partial charge in [-0.2, -0.15) is 0 Å². The third-order valence-corrected chi connectivity index (χ3v) is 3.57. The van der Waals surface area contributed by atoms with Crippen molar-refractivity contribution in [3.8, 4) is 0 Å². The van der Waals surface area contributed by atoms with Crippen LogP contribution in [-0.4, -0.2) is 18.5 Å². The van der Waals surface area contributed by atoms with Crippen LogP contribution in [-0.2, 0) is 11.2 Å². The number of rotatable bonds is 7. The maximum absolute atomic E-state index is 13.4. The van der Waals surface area contributed by atoms with Gasteiger partial charge < -0.3 is 11.1 Å². The third kappa shape index (κ3) is 4.56. The Morgan fingerprint density at radius 1 is 1.30 bits per heavy atom. The zero-order valence-corrected chi connectivity index (χ0v) is 12.0. The molecule has 0 aliphatic heterocycles. The van der Waals surface area contributed by atoms with Crippen molar-refractivity contribution in [2.75, 3.05) is 6.54 Å². The van der Waals surface area contributed by atoms with E-state index in [4.69, 9.17) is 5.73 Å². The fourth-order valence-corrected chi connectivity index (χ4v) is 2.21. The smallest absolute Gasteiger partial charge is 0.224 e. The molecule has 0 aromatic heterocycles. The molecular weight excluding hydrogens is 262 g/mol. The molecule has 0 aliphatic rings. The Morgan fingerprint density at radius 2 is 1.95 bits per heavy atom. The summed E-state index contributed by atoms with van der Waals surface area (Å²) in [6.07, 6.45) is 1.72. The van der Waals surface area contributed by atoms with Crippen molar-refractivity contribution in [2.45, 2.75) is 39.2 Å². The van der Waals surface area contributed by atoms with Gasteiger partial charge in [0.25, 0.3) is 0 Å². The van der Waals surface area contributed by atoms with Gasteiger partial charge in [-0.15, -0.1) is 0 Å². The van der Waals surface area contributed by atoms with E-state index < -0.39 is 11.6 Å². The maximum Gasteiger partial charge on any atom is 0.224 e. The molecule has 1 aromatic carbocycles. The second kappa shape index (κ2) is 7.94. The summed E-state index contributed by atoms with van der Waals surface area (Å²) in [7, 11) is 0. The van der Waals surface area contributed by atoms with Crippen LogP contribution in [0.15, 0.2) is 18.2 Å². The minimum atomic E-state index is -0.966. The van der Waals surface area contributed by atoms with E-state index >= 15 is 0 Å². The summed E-state index contributed by atoms with van der Waals surface area (Å²) in [6, 6.07) is 3.70. The van der Waals surface area contributed by atoms with Gasteiger partial charge in [0, 0.05) is 18.2 Å². The minimum absolute atomic E-state index is 0.0543. The van der Waals surface area contributed by atoms with Crippen molar-refractivity contribution in [3.05, 3.63) is 35.4 Å². The SMILES string of the molecule is CCC(CC)C(N)CNC(=O)Cc1cccc(F)c1F. The van der Waals surface area contributed by atoms with Crippen LogP contribution in [0.5, 0.6) is 0 Å². The van der Waals surface area contributed by atoms with E-state index in [-0.39, 0.29) is 23.9 Å². The van der Waals surface area contributed by atoms with E-state index in [1.54, 1.807) is 0 Å². The highest BCUT2D eigenvalue weighted by molar-refractivity contribution is 5.78. The van der Waals surface area contributed by atoms with Crippen LogP contribution in [0.2, 0.25) is 0 Å². The summed E-state index contributed by atoms with van der Waals surface area (Å²) < 4.78 is 26.4. The van der Waals surface area contributed by atoms with Gasteiger partial charge in [0.2, 0.25) is 5.91 Å². The van der Waals surface area contributed by atoms with E-state index in [9.17, 15) is 13.6 Å². The lowest BCUT2D eigenvalue weighted by Gasteiger charge is -2.21. The number of carbonyl (C=O) groups is 1. The average molecular weight is 284 g/mol. The first-order valence-corrected chi connectivity index (χ1v) is 6.94. The van der Waals surface area contributed by atoms with Crippen LogP contribution in [0.3, 0.4) is 0 Å². The molecule has 20 heavy (non-hydrogen) atoms. The fraction of sp³-hybridized carbons (Fsp3) is 0.533. The molecule has 0 spiro atoms. The number of benzene rings is 1. The molecule has 1 rings (SSSR count). The number of hydrogen-bond donors (Lipinski definition) is 2. The Kier molecular flexibility index (Phi) is 6.58. The molecule has 1 amide bonds. The van der Waals surface area contributed by atoms with Gasteiger partial charge in [-0.25, -0.2) is 8.78 Å². The average Bonchev–Trinajstić information content (AvgIpc) is 2.43. The number of nitrogens with one attached hydrogen (secondary N) is 1. The monoisotopic (exact) mass is 284 g/mol. The van der Waals surface area contributed by atoms with Crippen LogP contribution in [0.4, 0.5) is 8.78 Å². The molecule has 0 aliphatic carbocycles. The van der Waals surface area contributed by atoms with Crippen molar-refractivity contribution in [2.24, 2.45) is 11.7 Å². The lowest BCUT2D eigenvalue weighted by atomic mass is 9.95. The molecule has 1 aromatic rings. The largest absolute Gasteiger partial charge is 0.354 e. The molecule has 1 unspecified atom stereocenters. The number of carbonyl (C=O) groups excluding carboxylic acids is 1. The highest BCUT2D eigenvalue weighted by Gasteiger charge is 2.16. The van der Waals surface area contributed by atoms with Crippen LogP contribution in [0.25, 0.3) is 0 Å². The highest BCUT2D eigenvalue weighted by atomic mass is 19.2. The predicted molar refractivity (Wildman–Crippen MR) is 75.1 cm³/mol. The first kappa shape index (κ1) is 16.6. The third-order valence-electron chi connectivity index (χ3n) is 3.57. The lowest BCUT2D eigenvalue weighted by Crippen LogP contribution is -2.42. The minimum Gasteiger partial charge on any atom is -0.354 e. The molecule has 112 valence electrons. The van der Waals surface area contributed by atoms with Crippen molar-refractivity contribution >= 4 is 5.91 Å². The molecule has 0 heterocycles. The van der Waals surface area contributed by atoms with Gasteiger partial charge in [0.15, 0.2) is 11.6 Å². The molecule has 0 bridgehead atoms. The molecule has 0 radical (unpaired) electrons. The zero-order valence-electron chi connectivity index (χ0n) is 12.0. The summed E-state index contributed by atoms with van der Waals surface area (Å²) >= 11 is 0. The summed E-state index contributed by atoms with van der Waals surface area (Å²) in [5, 5.41) is 2.67. The summed E-state index contributed by atoms with van der Waals surface area (Å²) in [6.45, 7) is 4.46. The van der Waals surface area contributed by atoms with Gasteiger partial charge >= 0.3 is 0 Å². The first-order chi connectivity index (χ1) is 9.49. The number of halogens is 2. The Hall–Kier alpha value is -1.49. The summed E-state index contributed by atoms with van der Waals surface area (Å²) in [4.78, 5) is 11.7. The Morgan fingerprint density at radius 3 is 2.55 bits per heavy atom. The van der Waals surface area contributed by atoms with Gasteiger partial charge in [0.1, 0.15) is 0 Å². The van der Waals surface area contributed by atoms with Crippen molar-refractivity contribution in [3.63, 3.8) is 0 Å². The van der Waals surface area contributed by atoms with Crippen LogP contribution >= 0.6 is 0 Å². The quantitative estimate of drug-likeness (QED) is 0.807. The van der Waals surface area contributed by atoms with Crippen LogP contribution in [0.1, 0.15) is 32.3 Å². The highest BCUT2D eigenvalue weighted by Crippen LogP contribution is 2.12. The molecule has 0 saturated heterocycles. The molecule has 0 saturated carbocycles. The maximum atomic E-state index is 13.4. The first-order valence-electron chi connectivity index (χ1n) is 6.94. The summed E-state index contributed by atoms with van der Waals surface area (Å²) in [5.41, 5.74) is 6.04. The number of amides is 1. The van der Waals surface area contributed by atoms with Crippen LogP contribution < -0.4 is 11.1 Å². The van der Waals surface area contributed by atoms with E-state index in [1.165, 1.54) is 12.1 Å². The molecule has 5 heteroatoms. The molecular formula is C15H22F2N2O. The standard InChI is InChI=1S/C15H22F2N2O/c1-3-10(4-2)13(18)9-19-14(20)8-11-6-5-7-12(16)15(11)17/h5-7,10,13H,3-4,8-9,18H2,1-2H3,(H,19,20). The van der Waals surface area contributed by atoms with E-state index in [2.05, 4.69) is 19.2 Å². The normalized spacial score (nSPS) is 12.5. The Bertz CT molecular complexity index is 447. The van der Waals surface area contributed by atoms with Crippen molar-refractivity contribution in [1.29, 1.82) is 0 Å². The predicted octanol–water partition coefficient (Wildman–Crippen LogP) is 2.39. The van der Waals surface area contributed by atoms with Crippen molar-refractivity contribution in [1.82, 2.24) is 5.32 Å². The Balaban J connectivity index is 2.50. The van der Waals surface area contributed by atoms with Crippen molar-refractivity contribution < 1.29 is 13.6 Å². The zero-order chi connectivity index (χ0) is 15.1. The summed E-state index contributed by atoms with van der Waals surface area (Å²) in [5.74, 6) is -1.91. The van der Waals surface area contributed by atoms with Gasteiger partial charge in [0.05, 0.1) is 6.42 Å². The van der Waals surface area contributed by atoms with E-state index in [0.717, 1.165) is 18.9 Å². The fourth-order valence-electron chi connectivity index (χ4n) is 2.21. The molecule has 3 N–H and O–H groups in total. The van der Waals surface area contributed by atoms with E-state index in [1.807, 2.05) is 0 Å². The van der Waals surface area contributed by atoms with Crippen LogP contribution in [0, 0.1) is 17.6 Å². The Labute approximate surface area is 118 Å². The number of nitrogens with two attached hydrogens (primary N) is 1. The second-order valence-corrected chi connectivity index (χ2v) is 4.93. The van der Waals surface area contributed by atoms with Gasteiger partial charge in [-0.1, -0.05) is 38.8 Å². The van der Waals surface area contributed by atoms with Gasteiger partial charge in [-0.05, 0) is 12.0 Å². The van der Waals surface area contributed by atoms with Gasteiger partial charge in [-0.3, -0.25) is 4.79 Å². The molecule has 3 nitrogen and oxygen atoms in total. The molecule has 1 atom stereocenters. The lowest BCUT2D eigenvalue weighted by molar-refractivity contribution is -0.120. The molecule has 0 fully saturated rings. The second-order valence-electron chi connectivity index (χ2n) is 4.93. The van der Waals surface area contributed by atoms with E-state index in [0.29, 0.717) is 12.5 Å². The topological polar surface area (TPSA) is 55.1 Å². The number of hydrogen-bond acceptors (Lipinski definition) is 2.